The fourth-order valence-electron chi connectivity index (χ4n) is 2.37. The molecule has 0 aromatic carbocycles. The number of hydrogen-bond acceptors (Lipinski definition) is 4. The number of ether oxygens (including phenoxy) is 1. The topological polar surface area (TPSA) is 46.2 Å². The molecule has 2 aliphatic rings. The number of nitrogens with zero attached hydrogens (tertiary/aromatic N) is 1. The number of aromatic nitrogens is 1. The first-order valence-corrected chi connectivity index (χ1v) is 5.95. The molecule has 2 N–H and O–H groups in total. The quantitative estimate of drug-likeness (QED) is 0.838. The van der Waals surface area contributed by atoms with Crippen LogP contribution in [0, 0.1) is 0 Å². The van der Waals surface area contributed by atoms with E-state index >= 15 is 0 Å². The Morgan fingerprint density at radius 2 is 2.41 bits per heavy atom. The predicted octanol–water partition coefficient (Wildman–Crippen LogP) is 1.35. The van der Waals surface area contributed by atoms with Gasteiger partial charge in [-0.25, -0.2) is 0 Å². The molecule has 1 aromatic heterocycles. The molecule has 0 saturated carbocycles. The highest BCUT2D eigenvalue weighted by molar-refractivity contribution is 5.85. The second-order valence-corrected chi connectivity index (χ2v) is 4.42. The number of pyridine rings is 1. The lowest BCUT2D eigenvalue weighted by Gasteiger charge is -2.22. The molecule has 4 nitrogen and oxygen atoms in total. The Labute approximate surface area is 108 Å². The second kappa shape index (κ2) is 5.67. The van der Waals surface area contributed by atoms with E-state index in [1.807, 2.05) is 6.20 Å². The van der Waals surface area contributed by atoms with Crippen LogP contribution in [-0.2, 0) is 17.7 Å². The van der Waals surface area contributed by atoms with Gasteiger partial charge in [-0.3, -0.25) is 4.98 Å². The van der Waals surface area contributed by atoms with Crippen molar-refractivity contribution in [1.29, 1.82) is 0 Å². The highest BCUT2D eigenvalue weighted by Crippen LogP contribution is 2.23. The monoisotopic (exact) mass is 255 g/mol. The predicted molar refractivity (Wildman–Crippen MR) is 69.7 cm³/mol. The molecule has 0 aliphatic carbocycles. The zero-order chi connectivity index (χ0) is 10.8. The summed E-state index contributed by atoms with van der Waals surface area (Å²) in [5.41, 5.74) is 3.80. The van der Waals surface area contributed by atoms with E-state index in [9.17, 15) is 0 Å². The standard InChI is InChI=1S/C12H17N3O.ClH/c1-4-13-7-10-11(1)14-5-2-12(10)15-9-3-6-16-8-9;/h2,5,9,13H,1,3-4,6-8H2,(H,14,15);1H/t9-;/m0./s1. The molecule has 0 amide bonds. The van der Waals surface area contributed by atoms with Crippen molar-refractivity contribution >= 4 is 18.1 Å². The molecule has 1 fully saturated rings. The first-order chi connectivity index (χ1) is 7.93. The van der Waals surface area contributed by atoms with Crippen LogP contribution in [0.3, 0.4) is 0 Å². The molecule has 5 heteroatoms. The summed E-state index contributed by atoms with van der Waals surface area (Å²) in [7, 11) is 0. The Hall–Kier alpha value is -0.840. The first kappa shape index (κ1) is 12.6. The molecule has 3 heterocycles. The molecule has 1 aromatic rings. The third kappa shape index (κ3) is 2.70. The average molecular weight is 256 g/mol. The van der Waals surface area contributed by atoms with Gasteiger partial charge < -0.3 is 15.4 Å². The van der Waals surface area contributed by atoms with Crippen LogP contribution in [0.15, 0.2) is 12.3 Å². The molecule has 0 spiro atoms. The molecular weight excluding hydrogens is 238 g/mol. The third-order valence-corrected chi connectivity index (χ3v) is 3.27. The van der Waals surface area contributed by atoms with E-state index in [-0.39, 0.29) is 12.4 Å². The minimum Gasteiger partial charge on any atom is -0.380 e. The second-order valence-electron chi connectivity index (χ2n) is 4.42. The maximum atomic E-state index is 5.38. The number of halogens is 1. The van der Waals surface area contributed by atoms with Gasteiger partial charge >= 0.3 is 0 Å². The molecule has 17 heavy (non-hydrogen) atoms. The molecule has 1 saturated heterocycles. The summed E-state index contributed by atoms with van der Waals surface area (Å²) in [6.45, 7) is 3.67. The van der Waals surface area contributed by atoms with Crippen LogP contribution in [0.5, 0.6) is 0 Å². The van der Waals surface area contributed by atoms with E-state index in [0.29, 0.717) is 6.04 Å². The van der Waals surface area contributed by atoms with Crippen LogP contribution >= 0.6 is 12.4 Å². The molecular formula is C12H18ClN3O. The van der Waals surface area contributed by atoms with Crippen molar-refractivity contribution in [2.75, 3.05) is 25.1 Å². The number of hydrogen-bond donors (Lipinski definition) is 2. The van der Waals surface area contributed by atoms with Crippen molar-refractivity contribution in [2.24, 2.45) is 0 Å². The zero-order valence-corrected chi connectivity index (χ0v) is 10.6. The fraction of sp³-hybridized carbons (Fsp3) is 0.583. The van der Waals surface area contributed by atoms with Crippen LogP contribution in [0.25, 0.3) is 0 Å². The summed E-state index contributed by atoms with van der Waals surface area (Å²) < 4.78 is 5.38. The Morgan fingerprint density at radius 3 is 3.24 bits per heavy atom. The Bertz CT molecular complexity index is 380. The highest BCUT2D eigenvalue weighted by Gasteiger charge is 2.19. The van der Waals surface area contributed by atoms with Crippen molar-refractivity contribution in [3.05, 3.63) is 23.5 Å². The number of anilines is 1. The minimum absolute atomic E-state index is 0. The molecule has 3 rings (SSSR count). The lowest BCUT2D eigenvalue weighted by atomic mass is 10.0. The smallest absolute Gasteiger partial charge is 0.0668 e. The van der Waals surface area contributed by atoms with Crippen molar-refractivity contribution in [3.63, 3.8) is 0 Å². The number of rotatable bonds is 2. The van der Waals surface area contributed by atoms with E-state index in [2.05, 4.69) is 21.7 Å². The van der Waals surface area contributed by atoms with Gasteiger partial charge in [0.2, 0.25) is 0 Å². The van der Waals surface area contributed by atoms with E-state index in [4.69, 9.17) is 4.74 Å². The van der Waals surface area contributed by atoms with Gasteiger partial charge in [-0.1, -0.05) is 0 Å². The van der Waals surface area contributed by atoms with Gasteiger partial charge in [-0.05, 0) is 12.5 Å². The molecule has 2 aliphatic heterocycles. The van der Waals surface area contributed by atoms with E-state index in [0.717, 1.165) is 39.1 Å². The van der Waals surface area contributed by atoms with Crippen LogP contribution in [-0.4, -0.2) is 30.8 Å². The van der Waals surface area contributed by atoms with Crippen LogP contribution in [0.1, 0.15) is 17.7 Å². The van der Waals surface area contributed by atoms with Crippen molar-refractivity contribution in [1.82, 2.24) is 10.3 Å². The summed E-state index contributed by atoms with van der Waals surface area (Å²) in [4.78, 5) is 4.44. The highest BCUT2D eigenvalue weighted by atomic mass is 35.5. The Kier molecular flexibility index (Phi) is 4.20. The van der Waals surface area contributed by atoms with Gasteiger partial charge in [0.1, 0.15) is 0 Å². The zero-order valence-electron chi connectivity index (χ0n) is 9.74. The average Bonchev–Trinajstić information content (AvgIpc) is 2.82. The summed E-state index contributed by atoms with van der Waals surface area (Å²) in [6.07, 6.45) is 4.04. The maximum Gasteiger partial charge on any atom is 0.0668 e. The summed E-state index contributed by atoms with van der Waals surface area (Å²) in [6, 6.07) is 2.54. The largest absolute Gasteiger partial charge is 0.380 e. The SMILES string of the molecule is Cl.c1cc(N[C@H]2CCOC2)c2c(n1)CCNC2. The van der Waals surface area contributed by atoms with Crippen LogP contribution in [0.2, 0.25) is 0 Å². The van der Waals surface area contributed by atoms with E-state index in [1.54, 1.807) is 0 Å². The molecule has 0 unspecified atom stereocenters. The molecule has 0 radical (unpaired) electrons. The van der Waals surface area contributed by atoms with E-state index < -0.39 is 0 Å². The lowest BCUT2D eigenvalue weighted by Crippen LogP contribution is -2.27. The van der Waals surface area contributed by atoms with Crippen LogP contribution < -0.4 is 10.6 Å². The van der Waals surface area contributed by atoms with E-state index in [1.165, 1.54) is 16.9 Å². The lowest BCUT2D eigenvalue weighted by molar-refractivity contribution is 0.195. The van der Waals surface area contributed by atoms with Gasteiger partial charge in [-0.15, -0.1) is 12.4 Å². The molecule has 94 valence electrons. The third-order valence-electron chi connectivity index (χ3n) is 3.27. The minimum atomic E-state index is 0. The van der Waals surface area contributed by atoms with Gasteiger partial charge in [0.05, 0.1) is 12.6 Å². The number of fused-ring (bicyclic) bond motifs is 1. The van der Waals surface area contributed by atoms with Crippen molar-refractivity contribution in [3.8, 4) is 0 Å². The Balaban J connectivity index is 0.00000108. The normalized spacial score (nSPS) is 22.7. The van der Waals surface area contributed by atoms with Crippen molar-refractivity contribution in [2.45, 2.75) is 25.4 Å². The van der Waals surface area contributed by atoms with Crippen molar-refractivity contribution < 1.29 is 4.74 Å². The summed E-state index contributed by atoms with van der Waals surface area (Å²) in [5.74, 6) is 0. The molecule has 1 atom stereocenters. The molecule has 0 bridgehead atoms. The summed E-state index contributed by atoms with van der Waals surface area (Å²) >= 11 is 0. The van der Waals surface area contributed by atoms with Crippen LogP contribution in [0.4, 0.5) is 5.69 Å². The Morgan fingerprint density at radius 1 is 1.47 bits per heavy atom. The van der Waals surface area contributed by atoms with Gasteiger partial charge in [0.15, 0.2) is 0 Å². The maximum absolute atomic E-state index is 5.38. The van der Waals surface area contributed by atoms with Gasteiger partial charge in [0.25, 0.3) is 0 Å². The first-order valence-electron chi connectivity index (χ1n) is 5.95. The number of nitrogens with one attached hydrogen (secondary N) is 2. The fourth-order valence-corrected chi connectivity index (χ4v) is 2.37. The van der Waals surface area contributed by atoms with Gasteiger partial charge in [0, 0.05) is 49.3 Å². The van der Waals surface area contributed by atoms with Gasteiger partial charge in [-0.2, -0.15) is 0 Å². The summed E-state index contributed by atoms with van der Waals surface area (Å²) in [5, 5.41) is 6.96.